The third-order valence-corrected chi connectivity index (χ3v) is 3.47. The van der Waals surface area contributed by atoms with Gasteiger partial charge in [-0.1, -0.05) is 33.2 Å². The molecule has 0 radical (unpaired) electrons. The Hall–Kier alpha value is -0.230. The van der Waals surface area contributed by atoms with Gasteiger partial charge < -0.3 is 22.5 Å². The second-order valence-electron chi connectivity index (χ2n) is 3.56. The summed E-state index contributed by atoms with van der Waals surface area (Å²) in [6.45, 7) is 0.959. The van der Waals surface area contributed by atoms with E-state index in [0.29, 0.717) is 5.04 Å². The van der Waals surface area contributed by atoms with Crippen LogP contribution in [0.15, 0.2) is 33.9 Å². The van der Waals surface area contributed by atoms with E-state index < -0.39 is 0 Å². The van der Waals surface area contributed by atoms with E-state index in [1.54, 1.807) is 11.8 Å². The van der Waals surface area contributed by atoms with Crippen LogP contribution >= 0.6 is 27.7 Å². The lowest BCUT2D eigenvalue weighted by Crippen LogP contribution is -3.00. The molecule has 6 heteroatoms. The van der Waals surface area contributed by atoms with Gasteiger partial charge in [0.1, 0.15) is 5.04 Å². The van der Waals surface area contributed by atoms with Crippen molar-refractivity contribution >= 4 is 32.7 Å². The fraction of sp³-hybridized carbons (Fsp3) is 0.364. The van der Waals surface area contributed by atoms with Crippen LogP contribution < -0.4 is 12.4 Å². The molecule has 1 aromatic rings. The second kappa shape index (κ2) is 8.80. The summed E-state index contributed by atoms with van der Waals surface area (Å²) >= 11 is 4.92. The Bertz CT molecular complexity index is 357. The van der Waals surface area contributed by atoms with Crippen LogP contribution in [0.1, 0.15) is 5.56 Å². The highest BCUT2D eigenvalue weighted by Gasteiger charge is 2.05. The molecule has 17 heavy (non-hydrogen) atoms. The lowest BCUT2D eigenvalue weighted by atomic mass is 10.2. The van der Waals surface area contributed by atoms with Crippen molar-refractivity contribution < 1.29 is 17.6 Å². The summed E-state index contributed by atoms with van der Waals surface area (Å²) < 4.78 is 1.02. The van der Waals surface area contributed by atoms with E-state index in [2.05, 4.69) is 26.0 Å². The Balaban J connectivity index is 0.00000256. The maximum absolute atomic E-state index is 8.96. The first-order chi connectivity index (χ1) is 7.63. The number of thioether (sulfide) groups is 1. The van der Waals surface area contributed by atoms with Gasteiger partial charge in [0.25, 0.3) is 0 Å². The van der Waals surface area contributed by atoms with Crippen LogP contribution in [-0.4, -0.2) is 41.5 Å². The molecule has 0 fully saturated rings. The van der Waals surface area contributed by atoms with Crippen LogP contribution in [0.3, 0.4) is 0 Å². The molecule has 0 saturated heterocycles. The highest BCUT2D eigenvalue weighted by Crippen LogP contribution is 2.16. The van der Waals surface area contributed by atoms with Crippen molar-refractivity contribution in [2.45, 2.75) is 0 Å². The lowest BCUT2D eigenvalue weighted by molar-refractivity contribution is -0.00000402. The van der Waals surface area contributed by atoms with E-state index in [0.717, 1.165) is 22.3 Å². The molecular formula is C11H15BrClN2OS-. The third kappa shape index (κ3) is 6.31. The van der Waals surface area contributed by atoms with Crippen LogP contribution in [0.2, 0.25) is 0 Å². The highest BCUT2D eigenvalue weighted by atomic mass is 79.9. The van der Waals surface area contributed by atoms with Crippen molar-refractivity contribution in [3.63, 3.8) is 0 Å². The van der Waals surface area contributed by atoms with E-state index in [9.17, 15) is 0 Å². The summed E-state index contributed by atoms with van der Waals surface area (Å²) in [4.78, 5) is 2.10. The molecule has 0 amide bonds. The standard InChI is InChI=1S/C11H15BrN2OS.ClH/c1-14(2)7-8-16-11(13-15)9-3-5-10(12)6-4-9;/h3-6,15H,7-8H2,1-2H3;1H/p-1/b13-11+;. The third-order valence-electron chi connectivity index (χ3n) is 1.96. The molecule has 0 unspecified atom stereocenters. The van der Waals surface area contributed by atoms with Crippen molar-refractivity contribution in [2.24, 2.45) is 5.16 Å². The molecule has 0 aliphatic heterocycles. The van der Waals surface area contributed by atoms with E-state index >= 15 is 0 Å². The van der Waals surface area contributed by atoms with Crippen LogP contribution in [0.25, 0.3) is 0 Å². The molecule has 3 nitrogen and oxygen atoms in total. The molecule has 0 aliphatic rings. The number of nitrogens with zero attached hydrogens (tertiary/aromatic N) is 2. The van der Waals surface area contributed by atoms with Gasteiger partial charge in [-0.25, -0.2) is 0 Å². The predicted octanol–water partition coefficient (Wildman–Crippen LogP) is -0.116. The van der Waals surface area contributed by atoms with Gasteiger partial charge in [-0.15, -0.1) is 11.8 Å². The lowest BCUT2D eigenvalue weighted by Gasteiger charge is -2.09. The molecule has 0 saturated carbocycles. The fourth-order valence-corrected chi connectivity index (χ4v) is 2.36. The first-order valence-corrected chi connectivity index (χ1v) is 6.67. The van der Waals surface area contributed by atoms with Crippen molar-refractivity contribution in [3.8, 4) is 0 Å². The molecule has 0 heterocycles. The molecule has 0 atom stereocenters. The zero-order valence-electron chi connectivity index (χ0n) is 9.73. The van der Waals surface area contributed by atoms with E-state index in [1.807, 2.05) is 38.4 Å². The maximum atomic E-state index is 8.96. The summed E-state index contributed by atoms with van der Waals surface area (Å²) in [7, 11) is 4.05. The molecule has 0 spiro atoms. The first kappa shape index (κ1) is 16.8. The fourth-order valence-electron chi connectivity index (χ4n) is 1.09. The van der Waals surface area contributed by atoms with Gasteiger partial charge in [0, 0.05) is 22.3 Å². The molecule has 1 rings (SSSR count). The number of oxime groups is 1. The minimum absolute atomic E-state index is 0. The van der Waals surface area contributed by atoms with Crippen molar-refractivity contribution in [1.29, 1.82) is 0 Å². The Morgan fingerprint density at radius 2 is 1.94 bits per heavy atom. The quantitative estimate of drug-likeness (QED) is 0.360. The van der Waals surface area contributed by atoms with Crippen molar-refractivity contribution in [2.75, 3.05) is 26.4 Å². The average Bonchev–Trinajstić information content (AvgIpc) is 2.26. The van der Waals surface area contributed by atoms with Crippen molar-refractivity contribution in [3.05, 3.63) is 34.3 Å². The summed E-state index contributed by atoms with van der Waals surface area (Å²) in [6, 6.07) is 7.74. The first-order valence-electron chi connectivity index (χ1n) is 4.89. The molecule has 1 N–H and O–H groups in total. The molecule has 0 aliphatic carbocycles. The molecule has 0 bridgehead atoms. The topological polar surface area (TPSA) is 35.8 Å². The second-order valence-corrected chi connectivity index (χ2v) is 5.56. The Kier molecular flexibility index (Phi) is 8.68. The summed E-state index contributed by atoms with van der Waals surface area (Å²) in [5, 5.41) is 12.9. The summed E-state index contributed by atoms with van der Waals surface area (Å²) in [5.74, 6) is 0.905. The number of benzene rings is 1. The summed E-state index contributed by atoms with van der Waals surface area (Å²) in [6.07, 6.45) is 0. The van der Waals surface area contributed by atoms with Gasteiger partial charge in [0.05, 0.1) is 0 Å². The van der Waals surface area contributed by atoms with Crippen LogP contribution in [0.5, 0.6) is 0 Å². The van der Waals surface area contributed by atoms with Gasteiger partial charge in [-0.3, -0.25) is 0 Å². The Morgan fingerprint density at radius 1 is 1.35 bits per heavy atom. The van der Waals surface area contributed by atoms with Gasteiger partial charge >= 0.3 is 0 Å². The zero-order chi connectivity index (χ0) is 12.0. The molecule has 0 aromatic heterocycles. The van der Waals surface area contributed by atoms with E-state index in [-0.39, 0.29) is 12.4 Å². The largest absolute Gasteiger partial charge is 1.00 e. The van der Waals surface area contributed by atoms with Crippen LogP contribution in [0, 0.1) is 0 Å². The minimum atomic E-state index is 0. The average molecular weight is 339 g/mol. The van der Waals surface area contributed by atoms with Gasteiger partial charge in [0.15, 0.2) is 0 Å². The number of halogens is 2. The van der Waals surface area contributed by atoms with Crippen LogP contribution in [0.4, 0.5) is 0 Å². The maximum Gasteiger partial charge on any atom is 0.143 e. The molecule has 1 aromatic carbocycles. The molecule has 96 valence electrons. The zero-order valence-corrected chi connectivity index (χ0v) is 12.9. The predicted molar refractivity (Wildman–Crippen MR) is 73.5 cm³/mol. The van der Waals surface area contributed by atoms with Gasteiger partial charge in [0.2, 0.25) is 0 Å². The number of hydrogen-bond donors (Lipinski definition) is 1. The van der Waals surface area contributed by atoms with E-state index in [4.69, 9.17) is 5.21 Å². The minimum Gasteiger partial charge on any atom is -1.00 e. The normalized spacial score (nSPS) is 11.4. The summed E-state index contributed by atoms with van der Waals surface area (Å²) in [5.41, 5.74) is 0.939. The smallest absolute Gasteiger partial charge is 0.143 e. The van der Waals surface area contributed by atoms with Crippen molar-refractivity contribution in [1.82, 2.24) is 4.90 Å². The van der Waals surface area contributed by atoms with E-state index in [1.165, 1.54) is 0 Å². The SMILES string of the molecule is CN(C)CCS/C(=N/O)c1ccc(Br)cc1.[Cl-]. The van der Waals surface area contributed by atoms with Gasteiger partial charge in [-0.2, -0.15) is 0 Å². The van der Waals surface area contributed by atoms with Crippen LogP contribution in [-0.2, 0) is 0 Å². The Labute approximate surface area is 121 Å². The van der Waals surface area contributed by atoms with Gasteiger partial charge in [-0.05, 0) is 26.2 Å². The highest BCUT2D eigenvalue weighted by molar-refractivity contribution is 9.10. The number of hydrogen-bond acceptors (Lipinski definition) is 4. The number of rotatable bonds is 4. The monoisotopic (exact) mass is 337 g/mol. The molecular weight excluding hydrogens is 324 g/mol. The Morgan fingerprint density at radius 3 is 2.41 bits per heavy atom.